The minimum atomic E-state index is -0.273. The zero-order valence-corrected chi connectivity index (χ0v) is 16.5. The fourth-order valence-electron chi connectivity index (χ4n) is 4.03. The Bertz CT molecular complexity index is 813. The summed E-state index contributed by atoms with van der Waals surface area (Å²) >= 11 is 0. The van der Waals surface area contributed by atoms with Crippen LogP contribution >= 0.6 is 0 Å². The van der Waals surface area contributed by atoms with Crippen LogP contribution in [0.5, 0.6) is 0 Å². The molecule has 0 spiro atoms. The monoisotopic (exact) mass is 385 g/mol. The average Bonchev–Trinajstić information content (AvgIpc) is 3.34. The minimum absolute atomic E-state index is 0.129. The molecule has 2 aliphatic rings. The quantitative estimate of drug-likeness (QED) is 0.783. The molecule has 1 N–H and O–H groups in total. The first-order valence-electron chi connectivity index (χ1n) is 10.2. The Hall–Kier alpha value is -2.21. The summed E-state index contributed by atoms with van der Waals surface area (Å²) in [7, 11) is 0. The number of nitrogens with zero attached hydrogens (tertiary/aromatic N) is 2. The van der Waals surface area contributed by atoms with Crippen molar-refractivity contribution < 1.29 is 13.7 Å². The maximum absolute atomic E-state index is 13.1. The predicted octanol–water partition coefficient (Wildman–Crippen LogP) is 4.00. The molecule has 150 valence electrons. The van der Waals surface area contributed by atoms with Gasteiger partial charge in [0.25, 0.3) is 0 Å². The Kier molecular flexibility index (Phi) is 5.49. The van der Waals surface area contributed by atoms with Gasteiger partial charge in [-0.3, -0.25) is 9.69 Å². The first-order valence-corrected chi connectivity index (χ1v) is 10.2. The van der Waals surface area contributed by atoms with Crippen LogP contribution in [-0.4, -0.2) is 34.6 Å². The summed E-state index contributed by atoms with van der Waals surface area (Å²) in [5, 5.41) is 7.37. The van der Waals surface area contributed by atoms with E-state index in [1.807, 2.05) is 6.07 Å². The van der Waals surface area contributed by atoms with Gasteiger partial charge in [0.15, 0.2) is 5.76 Å². The van der Waals surface area contributed by atoms with Crippen LogP contribution in [-0.2, 0) is 11.3 Å². The van der Waals surface area contributed by atoms with E-state index in [0.29, 0.717) is 18.2 Å². The highest BCUT2D eigenvalue weighted by atomic mass is 19.1. The fraction of sp³-hybridized carbons (Fsp3) is 0.545. The van der Waals surface area contributed by atoms with E-state index in [9.17, 15) is 9.18 Å². The molecule has 6 heteroatoms. The molecular weight excluding hydrogens is 357 g/mol. The van der Waals surface area contributed by atoms with Crippen LogP contribution in [0.2, 0.25) is 0 Å². The second-order valence-corrected chi connectivity index (χ2v) is 8.64. The third-order valence-electron chi connectivity index (χ3n) is 5.61. The van der Waals surface area contributed by atoms with Gasteiger partial charge < -0.3 is 9.84 Å². The van der Waals surface area contributed by atoms with Gasteiger partial charge in [0.2, 0.25) is 5.91 Å². The standard InChI is InChI=1S/C22H28FN3O2/c1-14(2)9-21-22(27)24-18(10-15-3-4-15)12-26(21)13-19-11-20(25-28-19)16-5-7-17(23)8-6-16/h5-8,11,14-15,18,21H,3-4,9-10,12-13H2,1-2H3,(H,24,27)/t18-,21-/m0/s1. The summed E-state index contributed by atoms with van der Waals surface area (Å²) in [6.45, 7) is 5.68. The smallest absolute Gasteiger partial charge is 0.237 e. The summed E-state index contributed by atoms with van der Waals surface area (Å²) in [5.74, 6) is 1.79. The van der Waals surface area contributed by atoms with Crippen molar-refractivity contribution in [2.45, 2.75) is 58.2 Å². The number of nitrogens with one attached hydrogen (secondary N) is 1. The van der Waals surface area contributed by atoms with Gasteiger partial charge in [-0.15, -0.1) is 0 Å². The lowest BCUT2D eigenvalue weighted by atomic mass is 9.96. The fourth-order valence-corrected chi connectivity index (χ4v) is 4.03. The van der Waals surface area contributed by atoms with Gasteiger partial charge in [0.05, 0.1) is 12.6 Å². The van der Waals surface area contributed by atoms with Gasteiger partial charge in [0, 0.05) is 24.2 Å². The lowest BCUT2D eigenvalue weighted by Crippen LogP contribution is -2.60. The topological polar surface area (TPSA) is 58.4 Å². The summed E-state index contributed by atoms with van der Waals surface area (Å²) in [5.41, 5.74) is 1.50. The molecule has 1 saturated heterocycles. The number of benzene rings is 1. The van der Waals surface area contributed by atoms with Crippen molar-refractivity contribution >= 4 is 5.91 Å². The normalized spacial score (nSPS) is 23.2. The van der Waals surface area contributed by atoms with Gasteiger partial charge in [-0.05, 0) is 48.9 Å². The molecule has 4 rings (SSSR count). The van der Waals surface area contributed by atoms with E-state index in [4.69, 9.17) is 4.52 Å². The molecular formula is C22H28FN3O2. The lowest BCUT2D eigenvalue weighted by Gasteiger charge is -2.39. The van der Waals surface area contributed by atoms with Crippen molar-refractivity contribution in [3.8, 4) is 11.3 Å². The van der Waals surface area contributed by atoms with E-state index < -0.39 is 0 Å². The maximum atomic E-state index is 13.1. The molecule has 1 aliphatic heterocycles. The highest BCUT2D eigenvalue weighted by Crippen LogP contribution is 2.35. The number of carbonyl (C=O) groups is 1. The van der Waals surface area contributed by atoms with E-state index in [1.54, 1.807) is 12.1 Å². The Morgan fingerprint density at radius 2 is 2.04 bits per heavy atom. The van der Waals surface area contributed by atoms with Crippen molar-refractivity contribution in [2.75, 3.05) is 6.54 Å². The summed E-state index contributed by atoms with van der Waals surface area (Å²) in [4.78, 5) is 15.0. The number of hydrogen-bond donors (Lipinski definition) is 1. The number of aromatic nitrogens is 1. The zero-order valence-electron chi connectivity index (χ0n) is 16.5. The van der Waals surface area contributed by atoms with Gasteiger partial charge in [-0.1, -0.05) is 31.8 Å². The van der Waals surface area contributed by atoms with Crippen LogP contribution in [0.15, 0.2) is 34.9 Å². The first kappa shape index (κ1) is 19.1. The van der Waals surface area contributed by atoms with Crippen LogP contribution in [0.4, 0.5) is 4.39 Å². The SMILES string of the molecule is CC(C)C[C@H]1C(=O)N[C@@H](CC2CC2)CN1Cc1cc(-c2ccc(F)cc2)no1. The van der Waals surface area contributed by atoms with Crippen LogP contribution in [0.25, 0.3) is 11.3 Å². The molecule has 28 heavy (non-hydrogen) atoms. The molecule has 1 aromatic heterocycles. The Morgan fingerprint density at radius 1 is 1.29 bits per heavy atom. The third kappa shape index (κ3) is 4.61. The zero-order chi connectivity index (χ0) is 19.7. The molecule has 1 saturated carbocycles. The van der Waals surface area contributed by atoms with Gasteiger partial charge >= 0.3 is 0 Å². The van der Waals surface area contributed by atoms with Crippen LogP contribution < -0.4 is 5.32 Å². The number of rotatable bonds is 7. The van der Waals surface area contributed by atoms with E-state index in [2.05, 4.69) is 29.2 Å². The highest BCUT2D eigenvalue weighted by Gasteiger charge is 2.37. The Morgan fingerprint density at radius 3 is 2.71 bits per heavy atom. The average molecular weight is 385 g/mol. The summed E-state index contributed by atoms with van der Waals surface area (Å²) in [6.07, 6.45) is 4.45. The molecule has 5 nitrogen and oxygen atoms in total. The Balaban J connectivity index is 1.49. The van der Waals surface area contributed by atoms with Gasteiger partial charge in [0.1, 0.15) is 11.5 Å². The van der Waals surface area contributed by atoms with E-state index in [0.717, 1.165) is 36.6 Å². The molecule has 1 aromatic carbocycles. The molecule has 0 unspecified atom stereocenters. The third-order valence-corrected chi connectivity index (χ3v) is 5.61. The van der Waals surface area contributed by atoms with Crippen molar-refractivity contribution in [3.63, 3.8) is 0 Å². The molecule has 2 fully saturated rings. The first-order chi connectivity index (χ1) is 13.5. The van der Waals surface area contributed by atoms with Crippen molar-refractivity contribution in [1.29, 1.82) is 0 Å². The van der Waals surface area contributed by atoms with Gasteiger partial charge in [-0.25, -0.2) is 4.39 Å². The Labute approximate surface area is 165 Å². The maximum Gasteiger partial charge on any atom is 0.237 e. The van der Waals surface area contributed by atoms with Crippen molar-refractivity contribution in [3.05, 3.63) is 41.9 Å². The molecule has 2 aromatic rings. The number of halogens is 1. The molecule has 1 aliphatic carbocycles. The van der Waals surface area contributed by atoms with E-state index in [1.165, 1.54) is 25.0 Å². The van der Waals surface area contributed by atoms with E-state index in [-0.39, 0.29) is 23.8 Å². The van der Waals surface area contributed by atoms with E-state index >= 15 is 0 Å². The molecule has 0 bridgehead atoms. The van der Waals surface area contributed by atoms with Gasteiger partial charge in [-0.2, -0.15) is 0 Å². The highest BCUT2D eigenvalue weighted by molar-refractivity contribution is 5.82. The van der Waals surface area contributed by atoms with Crippen LogP contribution in [0.1, 0.15) is 45.3 Å². The lowest BCUT2D eigenvalue weighted by molar-refractivity contribution is -0.132. The van der Waals surface area contributed by atoms with Crippen LogP contribution in [0.3, 0.4) is 0 Å². The molecule has 2 atom stereocenters. The number of hydrogen-bond acceptors (Lipinski definition) is 4. The van der Waals surface area contributed by atoms with Crippen LogP contribution in [0, 0.1) is 17.7 Å². The second-order valence-electron chi connectivity index (χ2n) is 8.64. The largest absolute Gasteiger partial charge is 0.359 e. The molecule has 2 heterocycles. The predicted molar refractivity (Wildman–Crippen MR) is 105 cm³/mol. The molecule has 1 amide bonds. The van der Waals surface area contributed by atoms with Crippen molar-refractivity contribution in [2.24, 2.45) is 11.8 Å². The van der Waals surface area contributed by atoms with Crippen molar-refractivity contribution in [1.82, 2.24) is 15.4 Å². The number of carbonyl (C=O) groups excluding carboxylic acids is 1. The summed E-state index contributed by atoms with van der Waals surface area (Å²) < 4.78 is 18.7. The number of piperazine rings is 1. The minimum Gasteiger partial charge on any atom is -0.359 e. The number of amides is 1. The molecule has 0 radical (unpaired) electrons. The summed E-state index contributed by atoms with van der Waals surface area (Å²) in [6, 6.07) is 8.18. The second kappa shape index (κ2) is 8.03.